The Morgan fingerprint density at radius 1 is 1.40 bits per heavy atom. The van der Waals surface area contributed by atoms with Crippen LogP contribution in [0.2, 0.25) is 0 Å². The van der Waals surface area contributed by atoms with Crippen LogP contribution in [0.5, 0.6) is 0 Å². The summed E-state index contributed by atoms with van der Waals surface area (Å²) in [5.41, 5.74) is 5.85. The molecule has 6 nitrogen and oxygen atoms in total. The molecular formula is C9H13N5O. The maximum atomic E-state index is 8.53. The molecule has 1 fully saturated rings. The van der Waals surface area contributed by atoms with Crippen molar-refractivity contribution in [2.24, 2.45) is 10.9 Å². The van der Waals surface area contributed by atoms with Crippen molar-refractivity contribution >= 4 is 11.7 Å². The SMILES string of the molecule is N/C(=N/O)c1cncc(N2CCCC2)n1. The van der Waals surface area contributed by atoms with Gasteiger partial charge >= 0.3 is 0 Å². The van der Waals surface area contributed by atoms with E-state index in [-0.39, 0.29) is 5.84 Å². The van der Waals surface area contributed by atoms with Crippen molar-refractivity contribution in [3.8, 4) is 0 Å². The van der Waals surface area contributed by atoms with E-state index in [1.807, 2.05) is 0 Å². The van der Waals surface area contributed by atoms with Crippen molar-refractivity contribution in [2.45, 2.75) is 12.8 Å². The molecule has 1 aliphatic heterocycles. The first kappa shape index (κ1) is 9.70. The number of oxime groups is 1. The molecule has 80 valence electrons. The third kappa shape index (κ3) is 1.98. The van der Waals surface area contributed by atoms with Crippen molar-refractivity contribution in [3.05, 3.63) is 18.1 Å². The summed E-state index contributed by atoms with van der Waals surface area (Å²) in [4.78, 5) is 10.4. The fourth-order valence-corrected chi connectivity index (χ4v) is 1.63. The normalized spacial score (nSPS) is 17.1. The molecule has 0 bridgehead atoms. The molecule has 1 aliphatic rings. The molecular weight excluding hydrogens is 194 g/mol. The second-order valence-corrected chi connectivity index (χ2v) is 3.44. The zero-order valence-corrected chi connectivity index (χ0v) is 8.30. The molecule has 0 aliphatic carbocycles. The number of aromatic nitrogens is 2. The van der Waals surface area contributed by atoms with Crippen LogP contribution < -0.4 is 10.6 Å². The zero-order chi connectivity index (χ0) is 10.7. The molecule has 0 atom stereocenters. The minimum Gasteiger partial charge on any atom is -0.409 e. The van der Waals surface area contributed by atoms with Gasteiger partial charge in [-0.1, -0.05) is 5.16 Å². The minimum absolute atomic E-state index is 0.0106. The fraction of sp³-hybridized carbons (Fsp3) is 0.444. The Bertz CT molecular complexity index is 373. The van der Waals surface area contributed by atoms with E-state index in [2.05, 4.69) is 20.0 Å². The first-order valence-electron chi connectivity index (χ1n) is 4.86. The van der Waals surface area contributed by atoms with Crippen molar-refractivity contribution in [1.82, 2.24) is 9.97 Å². The van der Waals surface area contributed by atoms with Gasteiger partial charge in [0, 0.05) is 13.1 Å². The van der Waals surface area contributed by atoms with E-state index in [1.54, 1.807) is 6.20 Å². The van der Waals surface area contributed by atoms with Crippen molar-refractivity contribution in [3.63, 3.8) is 0 Å². The summed E-state index contributed by atoms with van der Waals surface area (Å²) in [6.45, 7) is 1.99. The summed E-state index contributed by atoms with van der Waals surface area (Å²) in [5, 5.41) is 11.4. The molecule has 1 saturated heterocycles. The molecule has 0 spiro atoms. The van der Waals surface area contributed by atoms with Crippen LogP contribution in [0.1, 0.15) is 18.5 Å². The summed E-state index contributed by atoms with van der Waals surface area (Å²) in [7, 11) is 0. The van der Waals surface area contributed by atoms with E-state index in [1.165, 1.54) is 19.0 Å². The van der Waals surface area contributed by atoms with Gasteiger partial charge in [-0.25, -0.2) is 4.98 Å². The van der Waals surface area contributed by atoms with Gasteiger partial charge < -0.3 is 15.8 Å². The number of hydrogen-bond acceptors (Lipinski definition) is 5. The van der Waals surface area contributed by atoms with E-state index >= 15 is 0 Å². The van der Waals surface area contributed by atoms with Gasteiger partial charge in [-0.05, 0) is 12.8 Å². The monoisotopic (exact) mass is 207 g/mol. The molecule has 0 unspecified atom stereocenters. The van der Waals surface area contributed by atoms with Crippen molar-refractivity contribution < 1.29 is 5.21 Å². The molecule has 6 heteroatoms. The second kappa shape index (κ2) is 4.12. The standard InChI is InChI=1S/C9H13N5O/c10-9(13-15)7-5-11-6-8(12-7)14-3-1-2-4-14/h5-6,15H,1-4H2,(H2,10,13). The molecule has 1 aromatic rings. The van der Waals surface area contributed by atoms with Gasteiger partial charge in [0.2, 0.25) is 0 Å². The zero-order valence-electron chi connectivity index (χ0n) is 8.30. The van der Waals surface area contributed by atoms with Crippen LogP contribution in [0.3, 0.4) is 0 Å². The molecule has 2 rings (SSSR count). The summed E-state index contributed by atoms with van der Waals surface area (Å²) in [6, 6.07) is 0. The minimum atomic E-state index is -0.0106. The molecule has 0 radical (unpaired) electrons. The number of nitrogens with two attached hydrogens (primary N) is 1. The lowest BCUT2D eigenvalue weighted by molar-refractivity contribution is 0.318. The van der Waals surface area contributed by atoms with Gasteiger partial charge in [0.15, 0.2) is 5.84 Å². The summed E-state index contributed by atoms with van der Waals surface area (Å²) >= 11 is 0. The predicted molar refractivity (Wildman–Crippen MR) is 56.0 cm³/mol. The van der Waals surface area contributed by atoms with Gasteiger partial charge in [0.25, 0.3) is 0 Å². The summed E-state index contributed by atoms with van der Waals surface area (Å²) in [6.07, 6.45) is 5.53. The Labute approximate surface area is 87.4 Å². The highest BCUT2D eigenvalue weighted by molar-refractivity contribution is 5.95. The van der Waals surface area contributed by atoms with Gasteiger partial charge in [-0.15, -0.1) is 0 Å². The lowest BCUT2D eigenvalue weighted by Gasteiger charge is -2.15. The Morgan fingerprint density at radius 3 is 2.80 bits per heavy atom. The van der Waals surface area contributed by atoms with Crippen LogP contribution in [-0.4, -0.2) is 34.1 Å². The third-order valence-electron chi connectivity index (χ3n) is 2.42. The van der Waals surface area contributed by atoms with Gasteiger partial charge in [0.05, 0.1) is 12.4 Å². The lowest BCUT2D eigenvalue weighted by atomic mass is 10.4. The van der Waals surface area contributed by atoms with Gasteiger partial charge in [-0.2, -0.15) is 0 Å². The predicted octanol–water partition coefficient (Wildman–Crippen LogP) is 0.171. The molecule has 2 heterocycles. The van der Waals surface area contributed by atoms with E-state index in [0.29, 0.717) is 5.69 Å². The largest absolute Gasteiger partial charge is 0.409 e. The Kier molecular flexibility index (Phi) is 2.66. The number of hydrogen-bond donors (Lipinski definition) is 2. The second-order valence-electron chi connectivity index (χ2n) is 3.44. The maximum Gasteiger partial charge on any atom is 0.190 e. The van der Waals surface area contributed by atoms with Crippen molar-refractivity contribution in [2.75, 3.05) is 18.0 Å². The Hall–Kier alpha value is -1.85. The average Bonchev–Trinajstić information content (AvgIpc) is 2.82. The highest BCUT2D eigenvalue weighted by atomic mass is 16.4. The summed E-state index contributed by atoms with van der Waals surface area (Å²) < 4.78 is 0. The third-order valence-corrected chi connectivity index (χ3v) is 2.42. The first-order valence-corrected chi connectivity index (χ1v) is 4.86. The van der Waals surface area contributed by atoms with E-state index in [9.17, 15) is 0 Å². The molecule has 3 N–H and O–H groups in total. The highest BCUT2D eigenvalue weighted by Gasteiger charge is 2.14. The van der Waals surface area contributed by atoms with Crippen LogP contribution in [0, 0.1) is 0 Å². The Morgan fingerprint density at radius 2 is 2.13 bits per heavy atom. The number of amidine groups is 1. The lowest BCUT2D eigenvalue weighted by Crippen LogP contribution is -2.22. The topological polar surface area (TPSA) is 87.6 Å². The highest BCUT2D eigenvalue weighted by Crippen LogP contribution is 2.16. The van der Waals surface area contributed by atoms with Crippen LogP contribution in [0.4, 0.5) is 5.82 Å². The number of anilines is 1. The molecule has 15 heavy (non-hydrogen) atoms. The molecule has 0 amide bonds. The smallest absolute Gasteiger partial charge is 0.190 e. The summed E-state index contributed by atoms with van der Waals surface area (Å²) in [5.74, 6) is 0.778. The van der Waals surface area contributed by atoms with Crippen LogP contribution in [0.15, 0.2) is 17.5 Å². The molecule has 0 aromatic carbocycles. The average molecular weight is 207 g/mol. The fourth-order valence-electron chi connectivity index (χ4n) is 1.63. The van der Waals surface area contributed by atoms with Crippen LogP contribution in [0.25, 0.3) is 0 Å². The van der Waals surface area contributed by atoms with E-state index < -0.39 is 0 Å². The number of rotatable bonds is 2. The van der Waals surface area contributed by atoms with Crippen LogP contribution >= 0.6 is 0 Å². The number of nitrogens with zero attached hydrogens (tertiary/aromatic N) is 4. The van der Waals surface area contributed by atoms with Crippen LogP contribution in [-0.2, 0) is 0 Å². The quantitative estimate of drug-likeness (QED) is 0.312. The van der Waals surface area contributed by atoms with Crippen molar-refractivity contribution in [1.29, 1.82) is 0 Å². The molecule has 1 aromatic heterocycles. The molecule has 0 saturated carbocycles. The van der Waals surface area contributed by atoms with E-state index in [0.717, 1.165) is 18.9 Å². The Balaban J connectivity index is 2.25. The van der Waals surface area contributed by atoms with E-state index in [4.69, 9.17) is 10.9 Å². The maximum absolute atomic E-state index is 8.53. The van der Waals surface area contributed by atoms with Gasteiger partial charge in [0.1, 0.15) is 11.5 Å². The van der Waals surface area contributed by atoms with Gasteiger partial charge in [-0.3, -0.25) is 4.98 Å². The first-order chi connectivity index (χ1) is 7.31.